The van der Waals surface area contributed by atoms with Crippen molar-refractivity contribution >= 4 is 6.09 Å². The molecule has 0 atom stereocenters. The maximum Gasteiger partial charge on any atom is 0.409 e. The van der Waals surface area contributed by atoms with Crippen LogP contribution in [0.4, 0.5) is 4.79 Å². The summed E-state index contributed by atoms with van der Waals surface area (Å²) in [6, 6.07) is 0. The van der Waals surface area contributed by atoms with Gasteiger partial charge in [0, 0.05) is 13.1 Å². The van der Waals surface area contributed by atoms with Crippen molar-refractivity contribution in [2.24, 2.45) is 16.2 Å². The van der Waals surface area contributed by atoms with Gasteiger partial charge in [-0.1, -0.05) is 48.0 Å². The summed E-state index contributed by atoms with van der Waals surface area (Å²) < 4.78 is 4.95. The van der Waals surface area contributed by atoms with E-state index in [9.17, 15) is 4.79 Å². The molecule has 3 heteroatoms. The summed E-state index contributed by atoms with van der Waals surface area (Å²) in [5.41, 5.74) is 0.425. The Balaban J connectivity index is 3.18. The minimum absolute atomic E-state index is 0.116. The number of likely N-dealkylation sites (tertiary alicyclic amines) is 1. The third-order valence-electron chi connectivity index (χ3n) is 5.05. The van der Waals surface area contributed by atoms with Gasteiger partial charge in [0.15, 0.2) is 0 Å². The van der Waals surface area contributed by atoms with Gasteiger partial charge in [0.2, 0.25) is 0 Å². The van der Waals surface area contributed by atoms with Crippen LogP contribution in [0.3, 0.4) is 0 Å². The summed E-state index contributed by atoms with van der Waals surface area (Å²) in [7, 11) is 1.48. The molecular weight excluding hydrogens is 238 g/mol. The lowest BCUT2D eigenvalue weighted by molar-refractivity contribution is -0.0555. The van der Waals surface area contributed by atoms with Gasteiger partial charge in [-0.25, -0.2) is 4.79 Å². The van der Waals surface area contributed by atoms with Crippen LogP contribution in [0.25, 0.3) is 0 Å². The number of methoxy groups -OCH3 is 1. The van der Waals surface area contributed by atoms with Crippen LogP contribution in [0, 0.1) is 16.2 Å². The lowest BCUT2D eigenvalue weighted by Crippen LogP contribution is -2.53. The molecule has 19 heavy (non-hydrogen) atoms. The van der Waals surface area contributed by atoms with Crippen LogP contribution in [0.15, 0.2) is 0 Å². The van der Waals surface area contributed by atoms with Crippen LogP contribution in [0.1, 0.15) is 60.8 Å². The van der Waals surface area contributed by atoms with Crippen LogP contribution in [-0.2, 0) is 4.74 Å². The van der Waals surface area contributed by atoms with Gasteiger partial charge in [-0.2, -0.15) is 0 Å². The smallest absolute Gasteiger partial charge is 0.409 e. The highest BCUT2D eigenvalue weighted by molar-refractivity contribution is 5.67. The number of rotatable bonds is 0. The Bertz CT molecular complexity index is 309. The summed E-state index contributed by atoms with van der Waals surface area (Å²) in [5.74, 6) is 0. The molecule has 1 rings (SSSR count). The summed E-state index contributed by atoms with van der Waals surface area (Å²) >= 11 is 0. The molecule has 0 radical (unpaired) electrons. The van der Waals surface area contributed by atoms with Gasteiger partial charge in [-0.15, -0.1) is 0 Å². The zero-order chi connectivity index (χ0) is 14.9. The number of nitrogens with zero attached hydrogens (tertiary/aromatic N) is 1. The predicted molar refractivity (Wildman–Crippen MR) is 79.2 cm³/mol. The fraction of sp³-hybridized carbons (Fsp3) is 0.938. The molecule has 0 unspecified atom stereocenters. The first kappa shape index (κ1) is 16.3. The molecule has 1 aliphatic rings. The van der Waals surface area contributed by atoms with Crippen LogP contribution in [-0.4, -0.2) is 31.2 Å². The second-order valence-electron chi connectivity index (χ2n) is 7.93. The summed E-state index contributed by atoms with van der Waals surface area (Å²) in [4.78, 5) is 13.9. The Kier molecular flexibility index (Phi) is 4.58. The zero-order valence-corrected chi connectivity index (χ0v) is 13.8. The summed E-state index contributed by atoms with van der Waals surface area (Å²) in [5, 5.41) is 0. The van der Waals surface area contributed by atoms with Gasteiger partial charge >= 0.3 is 6.09 Å². The molecule has 1 heterocycles. The Morgan fingerprint density at radius 1 is 1.05 bits per heavy atom. The van der Waals surface area contributed by atoms with Gasteiger partial charge in [-0.05, 0) is 29.1 Å². The monoisotopic (exact) mass is 269 g/mol. The molecule has 0 spiro atoms. The minimum Gasteiger partial charge on any atom is -0.453 e. The first-order chi connectivity index (χ1) is 8.55. The average Bonchev–Trinajstić information content (AvgIpc) is 2.49. The van der Waals surface area contributed by atoms with Gasteiger partial charge < -0.3 is 9.64 Å². The Labute approximate surface area is 118 Å². The number of hydrogen-bond donors (Lipinski definition) is 0. The van der Waals surface area contributed by atoms with E-state index in [-0.39, 0.29) is 22.3 Å². The van der Waals surface area contributed by atoms with Crippen molar-refractivity contribution in [2.45, 2.75) is 60.8 Å². The lowest BCUT2D eigenvalue weighted by Gasteiger charge is -2.54. The van der Waals surface area contributed by atoms with Gasteiger partial charge in [0.25, 0.3) is 0 Å². The molecule has 0 aromatic rings. The third kappa shape index (κ3) is 3.06. The van der Waals surface area contributed by atoms with E-state index in [1.165, 1.54) is 20.0 Å². The zero-order valence-electron chi connectivity index (χ0n) is 13.8. The first-order valence-electron chi connectivity index (χ1n) is 7.38. The summed E-state index contributed by atoms with van der Waals surface area (Å²) in [6.07, 6.45) is 3.25. The van der Waals surface area contributed by atoms with Gasteiger partial charge in [-0.3, -0.25) is 0 Å². The molecule has 0 bridgehead atoms. The third-order valence-corrected chi connectivity index (χ3v) is 5.05. The highest BCUT2D eigenvalue weighted by atomic mass is 16.5. The summed E-state index contributed by atoms with van der Waals surface area (Å²) in [6.45, 7) is 15.4. The van der Waals surface area contributed by atoms with E-state index >= 15 is 0 Å². The van der Waals surface area contributed by atoms with Crippen LogP contribution >= 0.6 is 0 Å². The number of carbonyl (C=O) groups excluding carboxylic acids is 1. The molecule has 1 aliphatic heterocycles. The molecular formula is C16H31NO2. The molecule has 1 fully saturated rings. The van der Waals surface area contributed by atoms with E-state index in [1.807, 2.05) is 4.90 Å². The fourth-order valence-electron chi connectivity index (χ4n) is 3.85. The number of ether oxygens (including phenoxy) is 1. The van der Waals surface area contributed by atoms with Crippen molar-refractivity contribution < 1.29 is 9.53 Å². The van der Waals surface area contributed by atoms with Gasteiger partial charge in [0.05, 0.1) is 7.11 Å². The van der Waals surface area contributed by atoms with E-state index in [0.29, 0.717) is 0 Å². The standard InChI is InChI=1S/C16H31NO2/c1-14(2,3)16(15(4,5)6)10-8-9-11-17(12-16)13(18)19-7/h8-12H2,1-7H3. The average molecular weight is 269 g/mol. The maximum atomic E-state index is 12.0. The first-order valence-corrected chi connectivity index (χ1v) is 7.38. The molecule has 0 aromatic heterocycles. The lowest BCUT2D eigenvalue weighted by atomic mass is 9.52. The van der Waals surface area contributed by atoms with Crippen molar-refractivity contribution in [3.63, 3.8) is 0 Å². The number of carbonyl (C=O) groups is 1. The number of amides is 1. The van der Waals surface area contributed by atoms with E-state index in [2.05, 4.69) is 41.5 Å². The Morgan fingerprint density at radius 2 is 1.58 bits per heavy atom. The maximum absolute atomic E-state index is 12.0. The fourth-order valence-corrected chi connectivity index (χ4v) is 3.85. The molecule has 0 N–H and O–H groups in total. The topological polar surface area (TPSA) is 29.5 Å². The number of hydrogen-bond acceptors (Lipinski definition) is 2. The highest BCUT2D eigenvalue weighted by Gasteiger charge is 2.52. The molecule has 0 aliphatic carbocycles. The molecule has 0 aromatic carbocycles. The van der Waals surface area contributed by atoms with E-state index in [1.54, 1.807) is 0 Å². The second-order valence-corrected chi connectivity index (χ2v) is 7.93. The van der Waals surface area contributed by atoms with Crippen molar-refractivity contribution in [1.82, 2.24) is 4.90 Å². The quantitative estimate of drug-likeness (QED) is 0.655. The van der Waals surface area contributed by atoms with E-state index in [0.717, 1.165) is 19.5 Å². The van der Waals surface area contributed by atoms with Crippen LogP contribution < -0.4 is 0 Å². The van der Waals surface area contributed by atoms with Crippen LogP contribution in [0.5, 0.6) is 0 Å². The van der Waals surface area contributed by atoms with Crippen molar-refractivity contribution in [3.8, 4) is 0 Å². The Morgan fingerprint density at radius 3 is 2.00 bits per heavy atom. The Hall–Kier alpha value is -0.730. The second kappa shape index (κ2) is 5.34. The van der Waals surface area contributed by atoms with Crippen LogP contribution in [0.2, 0.25) is 0 Å². The van der Waals surface area contributed by atoms with Crippen molar-refractivity contribution in [2.75, 3.05) is 20.2 Å². The van der Waals surface area contributed by atoms with Crippen molar-refractivity contribution in [3.05, 3.63) is 0 Å². The largest absolute Gasteiger partial charge is 0.453 e. The minimum atomic E-state index is -0.181. The molecule has 3 nitrogen and oxygen atoms in total. The predicted octanol–water partition coefficient (Wildman–Crippen LogP) is 4.32. The SMILES string of the molecule is COC(=O)N1CCCCC(C(C)(C)C)(C(C)(C)C)C1. The van der Waals surface area contributed by atoms with Crippen molar-refractivity contribution in [1.29, 1.82) is 0 Å². The molecule has 1 amide bonds. The molecule has 0 saturated carbocycles. The normalized spacial score (nSPS) is 20.9. The molecule has 1 saturated heterocycles. The van der Waals surface area contributed by atoms with Gasteiger partial charge in [0.1, 0.15) is 0 Å². The van der Waals surface area contributed by atoms with E-state index in [4.69, 9.17) is 4.74 Å². The highest BCUT2D eigenvalue weighted by Crippen LogP contribution is 2.55. The van der Waals surface area contributed by atoms with E-state index < -0.39 is 0 Å². The molecule has 112 valence electrons.